The van der Waals surface area contributed by atoms with E-state index in [-0.39, 0.29) is 12.2 Å². The molecule has 4 heteroatoms. The quantitative estimate of drug-likeness (QED) is 0.622. The molecule has 4 atom stereocenters. The van der Waals surface area contributed by atoms with Gasteiger partial charge in [-0.2, -0.15) is 0 Å². The average Bonchev–Trinajstić information content (AvgIpc) is 3.35. The van der Waals surface area contributed by atoms with Crippen molar-refractivity contribution in [3.8, 4) is 23.3 Å². The highest BCUT2D eigenvalue weighted by atomic mass is 16.7. The number of rotatable bonds is 1. The lowest BCUT2D eigenvalue weighted by atomic mass is 9.54. The van der Waals surface area contributed by atoms with Crippen molar-refractivity contribution in [3.63, 3.8) is 0 Å². The summed E-state index contributed by atoms with van der Waals surface area (Å²) in [5.74, 6) is 9.01. The van der Waals surface area contributed by atoms with Gasteiger partial charge in [-0.15, -0.1) is 5.92 Å². The molecule has 5 aliphatic rings. The van der Waals surface area contributed by atoms with Gasteiger partial charge in [-0.05, 0) is 91.7 Å². The number of ketones is 1. The highest BCUT2D eigenvalue weighted by Crippen LogP contribution is 2.65. The van der Waals surface area contributed by atoms with E-state index >= 15 is 0 Å². The van der Waals surface area contributed by atoms with E-state index in [1.165, 1.54) is 22.3 Å². The average molecular weight is 431 g/mol. The lowest BCUT2D eigenvalue weighted by molar-refractivity contribution is -0.118. The number of carbonyl (C=O) groups excluding carboxylic acids is 1. The molecule has 0 unspecified atom stereocenters. The van der Waals surface area contributed by atoms with Crippen LogP contribution in [0.2, 0.25) is 0 Å². The molecule has 0 saturated heterocycles. The van der Waals surface area contributed by atoms with E-state index in [1.807, 2.05) is 13.0 Å². The van der Waals surface area contributed by atoms with E-state index in [0.717, 1.165) is 55.6 Å². The number of ether oxygens (including phenoxy) is 2. The lowest BCUT2D eigenvalue weighted by Crippen LogP contribution is -2.49. The van der Waals surface area contributed by atoms with Gasteiger partial charge >= 0.3 is 0 Å². The van der Waals surface area contributed by atoms with E-state index < -0.39 is 5.60 Å². The summed E-state index contributed by atoms with van der Waals surface area (Å²) in [7, 11) is 0. The Bertz CT molecular complexity index is 1150. The Kier molecular flexibility index (Phi) is 4.40. The van der Waals surface area contributed by atoms with Gasteiger partial charge in [-0.25, -0.2) is 0 Å². The molecule has 32 heavy (non-hydrogen) atoms. The molecule has 0 amide bonds. The van der Waals surface area contributed by atoms with Crippen LogP contribution < -0.4 is 9.47 Å². The summed E-state index contributed by atoms with van der Waals surface area (Å²) in [4.78, 5) is 12.2. The summed E-state index contributed by atoms with van der Waals surface area (Å²) in [5, 5.41) is 11.7. The SMILES string of the molecule is CC#C[C@]1(O)CC[C@H]2[C@@H]3CCC4=C(CCC(=O)C4)C3=C(c3ccc4c(c3)OCO4)C[C@@]21C. The van der Waals surface area contributed by atoms with Crippen LogP contribution in [-0.4, -0.2) is 23.3 Å². The minimum absolute atomic E-state index is 0.260. The zero-order valence-corrected chi connectivity index (χ0v) is 18.9. The second-order valence-corrected chi connectivity index (χ2v) is 10.4. The van der Waals surface area contributed by atoms with Gasteiger partial charge in [0.15, 0.2) is 11.5 Å². The van der Waals surface area contributed by atoms with Gasteiger partial charge in [-0.3, -0.25) is 4.79 Å². The molecule has 6 rings (SSSR count). The molecule has 1 aromatic rings. The molecular formula is C28H30O4. The fourth-order valence-electron chi connectivity index (χ4n) is 7.36. The monoisotopic (exact) mass is 430 g/mol. The number of aliphatic hydroxyl groups is 1. The fraction of sp³-hybridized carbons (Fsp3) is 0.536. The Morgan fingerprint density at radius 3 is 2.78 bits per heavy atom. The number of allylic oxidation sites excluding steroid dienone is 4. The number of benzene rings is 1. The maximum atomic E-state index is 12.2. The molecule has 0 radical (unpaired) electrons. The van der Waals surface area contributed by atoms with Crippen LogP contribution >= 0.6 is 0 Å². The van der Waals surface area contributed by atoms with Crippen molar-refractivity contribution in [1.82, 2.24) is 0 Å². The summed E-state index contributed by atoms with van der Waals surface area (Å²) < 4.78 is 11.3. The zero-order chi connectivity index (χ0) is 22.1. The molecule has 1 fully saturated rings. The first-order chi connectivity index (χ1) is 15.4. The standard InChI is InChI=1S/C28H30O4/c1-3-11-28(30)12-10-23-21-7-4-17-13-19(29)6-8-20(17)26(21)22(15-27(23,28)2)18-5-9-24-25(14-18)32-16-31-24/h5,9,14,21,23,30H,4,6-8,10,12-13,15-16H2,1-2H3/t21-,23-,27-,28-/m0/s1. The summed E-state index contributed by atoms with van der Waals surface area (Å²) in [6, 6.07) is 6.25. The van der Waals surface area contributed by atoms with Gasteiger partial charge in [0.25, 0.3) is 0 Å². The van der Waals surface area contributed by atoms with E-state index in [2.05, 4.69) is 30.9 Å². The first-order valence-corrected chi connectivity index (χ1v) is 12.0. The van der Waals surface area contributed by atoms with Crippen LogP contribution in [0.5, 0.6) is 11.5 Å². The van der Waals surface area contributed by atoms with Crippen LogP contribution in [0.25, 0.3) is 5.57 Å². The molecule has 166 valence electrons. The third kappa shape index (κ3) is 2.70. The van der Waals surface area contributed by atoms with Gasteiger partial charge in [0, 0.05) is 18.3 Å². The van der Waals surface area contributed by atoms with Crippen LogP contribution in [0.4, 0.5) is 0 Å². The molecule has 1 saturated carbocycles. The topological polar surface area (TPSA) is 55.8 Å². The Labute approximate surface area is 189 Å². The largest absolute Gasteiger partial charge is 0.454 e. The normalized spacial score (nSPS) is 35.2. The highest BCUT2D eigenvalue weighted by molar-refractivity contribution is 5.85. The summed E-state index contributed by atoms with van der Waals surface area (Å²) in [6.07, 6.45) is 6.72. The molecule has 0 aromatic heterocycles. The third-order valence-electron chi connectivity index (χ3n) is 8.93. The van der Waals surface area contributed by atoms with Gasteiger partial charge < -0.3 is 14.6 Å². The van der Waals surface area contributed by atoms with Crippen molar-refractivity contribution >= 4 is 11.4 Å². The van der Waals surface area contributed by atoms with Crippen LogP contribution in [0.3, 0.4) is 0 Å². The van der Waals surface area contributed by atoms with Gasteiger partial charge in [0.1, 0.15) is 11.4 Å². The molecule has 0 spiro atoms. The highest BCUT2D eigenvalue weighted by Gasteiger charge is 2.61. The number of carbonyl (C=O) groups is 1. The van der Waals surface area contributed by atoms with Gasteiger partial charge in [0.05, 0.1) is 0 Å². The molecule has 1 N–H and O–H groups in total. The van der Waals surface area contributed by atoms with Crippen molar-refractivity contribution in [1.29, 1.82) is 0 Å². The van der Waals surface area contributed by atoms with Gasteiger partial charge in [0.2, 0.25) is 6.79 Å². The predicted octanol–water partition coefficient (Wildman–Crippen LogP) is 5.20. The Balaban J connectivity index is 1.56. The number of Topliss-reactive ketones (excluding diaryl/α,β-unsaturated/α-hetero) is 1. The first-order valence-electron chi connectivity index (χ1n) is 12.0. The van der Waals surface area contributed by atoms with Gasteiger partial charge in [-0.1, -0.05) is 24.5 Å². The lowest BCUT2D eigenvalue weighted by Gasteiger charge is -2.51. The van der Waals surface area contributed by atoms with Crippen molar-refractivity contribution in [3.05, 3.63) is 40.5 Å². The maximum absolute atomic E-state index is 12.2. The third-order valence-corrected chi connectivity index (χ3v) is 8.93. The number of hydrogen-bond acceptors (Lipinski definition) is 4. The Morgan fingerprint density at radius 1 is 1.09 bits per heavy atom. The second kappa shape index (κ2) is 6.99. The summed E-state index contributed by atoms with van der Waals surface area (Å²) >= 11 is 0. The van der Waals surface area contributed by atoms with Crippen LogP contribution in [0, 0.1) is 29.1 Å². The number of fused-ring (bicyclic) bond motifs is 5. The predicted molar refractivity (Wildman–Crippen MR) is 122 cm³/mol. The Morgan fingerprint density at radius 2 is 1.94 bits per heavy atom. The smallest absolute Gasteiger partial charge is 0.231 e. The van der Waals surface area contributed by atoms with Crippen LogP contribution in [-0.2, 0) is 4.79 Å². The molecular weight excluding hydrogens is 400 g/mol. The summed E-state index contributed by atoms with van der Waals surface area (Å²) in [5.41, 5.74) is 5.47. The Hall–Kier alpha value is -2.51. The number of hydrogen-bond donors (Lipinski definition) is 1. The zero-order valence-electron chi connectivity index (χ0n) is 18.9. The van der Waals surface area contributed by atoms with Crippen molar-refractivity contribution in [2.75, 3.05) is 6.79 Å². The van der Waals surface area contributed by atoms with E-state index in [0.29, 0.717) is 30.5 Å². The molecule has 1 aliphatic heterocycles. The minimum Gasteiger partial charge on any atom is -0.454 e. The van der Waals surface area contributed by atoms with E-state index in [9.17, 15) is 9.90 Å². The van der Waals surface area contributed by atoms with Crippen molar-refractivity contribution < 1.29 is 19.4 Å². The fourth-order valence-corrected chi connectivity index (χ4v) is 7.36. The van der Waals surface area contributed by atoms with Crippen LogP contribution in [0.15, 0.2) is 34.9 Å². The van der Waals surface area contributed by atoms with E-state index in [4.69, 9.17) is 9.47 Å². The second-order valence-electron chi connectivity index (χ2n) is 10.4. The van der Waals surface area contributed by atoms with E-state index in [1.54, 1.807) is 0 Å². The van der Waals surface area contributed by atoms with Crippen molar-refractivity contribution in [2.45, 2.75) is 70.8 Å². The maximum Gasteiger partial charge on any atom is 0.231 e. The van der Waals surface area contributed by atoms with Crippen LogP contribution in [0.1, 0.15) is 70.8 Å². The molecule has 4 nitrogen and oxygen atoms in total. The van der Waals surface area contributed by atoms with Crippen molar-refractivity contribution in [2.24, 2.45) is 17.3 Å². The summed E-state index contributed by atoms with van der Waals surface area (Å²) in [6.45, 7) is 4.34. The molecule has 4 aliphatic carbocycles. The molecule has 0 bridgehead atoms. The molecule has 1 heterocycles. The molecule has 1 aromatic carbocycles. The first kappa shape index (κ1) is 20.1. The minimum atomic E-state index is -0.962.